The Morgan fingerprint density at radius 3 is 2.20 bits per heavy atom. The van der Waals surface area contributed by atoms with Crippen LogP contribution in [0.1, 0.15) is 35.4 Å². The van der Waals surface area contributed by atoms with Crippen molar-refractivity contribution in [2.24, 2.45) is 0 Å². The molecule has 0 amide bonds. The first-order valence-corrected chi connectivity index (χ1v) is 7.55. The van der Waals surface area contributed by atoms with E-state index < -0.39 is 5.97 Å². The van der Waals surface area contributed by atoms with E-state index in [1.54, 1.807) is 24.5 Å². The standard InChI is InChI=1S/C18H21NO5.ClH/c1-5-14(12-7-6-8-19-11-12)24-18(20)13-9-15(21-2)17(23-4)16(10-13)22-3;/h6-11,14H,5H2,1-4H3;1H. The fourth-order valence-corrected chi connectivity index (χ4v) is 2.35. The molecule has 1 atom stereocenters. The van der Waals surface area contributed by atoms with Gasteiger partial charge in [-0.1, -0.05) is 13.0 Å². The lowest BCUT2D eigenvalue weighted by molar-refractivity contribution is 0.0286. The van der Waals surface area contributed by atoms with E-state index in [0.717, 1.165) is 5.56 Å². The van der Waals surface area contributed by atoms with Crippen LogP contribution in [-0.2, 0) is 4.74 Å². The second kappa shape index (κ2) is 9.74. The van der Waals surface area contributed by atoms with Crippen molar-refractivity contribution in [2.75, 3.05) is 21.3 Å². The van der Waals surface area contributed by atoms with Crippen LogP contribution in [0.5, 0.6) is 17.2 Å². The van der Waals surface area contributed by atoms with Crippen molar-refractivity contribution < 1.29 is 23.7 Å². The van der Waals surface area contributed by atoms with Crippen molar-refractivity contribution in [1.29, 1.82) is 0 Å². The Morgan fingerprint density at radius 2 is 1.76 bits per heavy atom. The van der Waals surface area contributed by atoms with Gasteiger partial charge in [-0.25, -0.2) is 4.79 Å². The van der Waals surface area contributed by atoms with Gasteiger partial charge in [-0.3, -0.25) is 4.98 Å². The van der Waals surface area contributed by atoms with Gasteiger partial charge in [0.05, 0.1) is 26.9 Å². The Morgan fingerprint density at radius 1 is 1.12 bits per heavy atom. The van der Waals surface area contributed by atoms with E-state index in [4.69, 9.17) is 18.9 Å². The topological polar surface area (TPSA) is 66.9 Å². The van der Waals surface area contributed by atoms with Gasteiger partial charge >= 0.3 is 5.97 Å². The summed E-state index contributed by atoms with van der Waals surface area (Å²) in [6, 6.07) is 6.83. The minimum Gasteiger partial charge on any atom is -0.493 e. The van der Waals surface area contributed by atoms with Gasteiger partial charge in [-0.2, -0.15) is 0 Å². The molecule has 0 aliphatic carbocycles. The number of halogens is 1. The van der Waals surface area contributed by atoms with Gasteiger partial charge in [0.15, 0.2) is 11.5 Å². The third kappa shape index (κ3) is 4.76. The molecule has 7 heteroatoms. The van der Waals surface area contributed by atoms with Crippen LogP contribution in [0, 0.1) is 0 Å². The molecule has 0 aliphatic rings. The van der Waals surface area contributed by atoms with Gasteiger partial charge in [0.2, 0.25) is 5.75 Å². The summed E-state index contributed by atoms with van der Waals surface area (Å²) in [4.78, 5) is 16.6. The average molecular weight is 368 g/mol. The molecule has 0 aliphatic heterocycles. The Bertz CT molecular complexity index is 668. The summed E-state index contributed by atoms with van der Waals surface area (Å²) in [6.07, 6.45) is 3.64. The van der Waals surface area contributed by atoms with Crippen molar-refractivity contribution in [3.8, 4) is 17.2 Å². The molecule has 2 aromatic rings. The maximum Gasteiger partial charge on any atom is 0.339 e. The van der Waals surface area contributed by atoms with Crippen molar-refractivity contribution in [1.82, 2.24) is 4.98 Å². The third-order valence-electron chi connectivity index (χ3n) is 3.58. The summed E-state index contributed by atoms with van der Waals surface area (Å²) < 4.78 is 21.4. The van der Waals surface area contributed by atoms with E-state index in [-0.39, 0.29) is 18.5 Å². The Kier molecular flexibility index (Phi) is 8.01. The highest BCUT2D eigenvalue weighted by Gasteiger charge is 2.21. The molecule has 0 fully saturated rings. The van der Waals surface area contributed by atoms with Crippen molar-refractivity contribution in [3.05, 3.63) is 47.8 Å². The summed E-state index contributed by atoms with van der Waals surface area (Å²) in [5, 5.41) is 0. The van der Waals surface area contributed by atoms with Crippen LogP contribution in [-0.4, -0.2) is 32.3 Å². The first kappa shape index (κ1) is 20.6. The Hall–Kier alpha value is -2.47. The minimum absolute atomic E-state index is 0. The monoisotopic (exact) mass is 367 g/mol. The molecule has 1 aromatic carbocycles. The van der Waals surface area contributed by atoms with E-state index in [1.807, 2.05) is 19.1 Å². The van der Waals surface area contributed by atoms with Crippen LogP contribution in [0.2, 0.25) is 0 Å². The first-order chi connectivity index (χ1) is 11.6. The average Bonchev–Trinajstić information content (AvgIpc) is 2.65. The van der Waals surface area contributed by atoms with Crippen molar-refractivity contribution >= 4 is 18.4 Å². The molecule has 0 saturated heterocycles. The molecule has 0 saturated carbocycles. The van der Waals surface area contributed by atoms with E-state index in [2.05, 4.69) is 4.98 Å². The normalized spacial score (nSPS) is 11.0. The maximum atomic E-state index is 12.5. The van der Waals surface area contributed by atoms with Crippen LogP contribution >= 0.6 is 12.4 Å². The Balaban J connectivity index is 0.00000312. The second-order valence-corrected chi connectivity index (χ2v) is 5.00. The molecule has 136 valence electrons. The van der Waals surface area contributed by atoms with Gasteiger partial charge < -0.3 is 18.9 Å². The molecular weight excluding hydrogens is 346 g/mol. The summed E-state index contributed by atoms with van der Waals surface area (Å²) >= 11 is 0. The zero-order valence-electron chi connectivity index (χ0n) is 14.6. The fourth-order valence-electron chi connectivity index (χ4n) is 2.35. The van der Waals surface area contributed by atoms with Gasteiger partial charge in [0, 0.05) is 18.0 Å². The number of rotatable bonds is 7. The number of methoxy groups -OCH3 is 3. The largest absolute Gasteiger partial charge is 0.493 e. The van der Waals surface area contributed by atoms with Crippen LogP contribution in [0.15, 0.2) is 36.7 Å². The Labute approximate surface area is 153 Å². The number of nitrogens with zero attached hydrogens (tertiary/aromatic N) is 1. The SMILES string of the molecule is CCC(OC(=O)c1cc(OC)c(OC)c(OC)c1)c1cccnc1.Cl. The molecule has 0 N–H and O–H groups in total. The van der Waals surface area contributed by atoms with Crippen LogP contribution in [0.25, 0.3) is 0 Å². The lowest BCUT2D eigenvalue weighted by Gasteiger charge is -2.18. The molecule has 0 spiro atoms. The molecule has 1 aromatic heterocycles. The zero-order chi connectivity index (χ0) is 17.5. The fraction of sp³-hybridized carbons (Fsp3) is 0.333. The number of ether oxygens (including phenoxy) is 4. The van der Waals surface area contributed by atoms with Crippen LogP contribution in [0.3, 0.4) is 0 Å². The number of carbonyl (C=O) groups is 1. The number of hydrogen-bond donors (Lipinski definition) is 0. The predicted octanol–water partition coefficient (Wildman–Crippen LogP) is 3.84. The van der Waals surface area contributed by atoms with Crippen molar-refractivity contribution in [3.63, 3.8) is 0 Å². The molecule has 1 heterocycles. The van der Waals surface area contributed by atoms with Crippen LogP contribution in [0.4, 0.5) is 0 Å². The number of pyridine rings is 1. The minimum atomic E-state index is -0.468. The van der Waals surface area contributed by atoms with E-state index in [0.29, 0.717) is 29.2 Å². The highest BCUT2D eigenvalue weighted by Crippen LogP contribution is 2.38. The summed E-state index contributed by atoms with van der Waals surface area (Å²) in [6.45, 7) is 1.94. The number of aromatic nitrogens is 1. The summed E-state index contributed by atoms with van der Waals surface area (Å²) in [7, 11) is 4.50. The predicted molar refractivity (Wildman–Crippen MR) is 96.0 cm³/mol. The third-order valence-corrected chi connectivity index (χ3v) is 3.58. The quantitative estimate of drug-likeness (QED) is 0.693. The zero-order valence-corrected chi connectivity index (χ0v) is 15.5. The smallest absolute Gasteiger partial charge is 0.339 e. The molecular formula is C18H22ClNO5. The number of esters is 1. The van der Waals surface area contributed by atoms with E-state index >= 15 is 0 Å². The molecule has 0 bridgehead atoms. The van der Waals surface area contributed by atoms with Gasteiger partial charge in [0.25, 0.3) is 0 Å². The highest BCUT2D eigenvalue weighted by atomic mass is 35.5. The molecule has 0 radical (unpaired) electrons. The maximum absolute atomic E-state index is 12.5. The summed E-state index contributed by atoms with van der Waals surface area (Å²) in [5.41, 5.74) is 1.17. The number of hydrogen-bond acceptors (Lipinski definition) is 6. The van der Waals surface area contributed by atoms with E-state index in [1.165, 1.54) is 21.3 Å². The lowest BCUT2D eigenvalue weighted by atomic mass is 10.1. The van der Waals surface area contributed by atoms with Crippen molar-refractivity contribution in [2.45, 2.75) is 19.4 Å². The number of benzene rings is 1. The number of carbonyl (C=O) groups excluding carboxylic acids is 1. The van der Waals surface area contributed by atoms with Gasteiger partial charge in [-0.15, -0.1) is 12.4 Å². The molecule has 6 nitrogen and oxygen atoms in total. The first-order valence-electron chi connectivity index (χ1n) is 7.55. The summed E-state index contributed by atoms with van der Waals surface area (Å²) in [5.74, 6) is 0.761. The van der Waals surface area contributed by atoms with Gasteiger partial charge in [-0.05, 0) is 24.6 Å². The lowest BCUT2D eigenvalue weighted by Crippen LogP contribution is -2.12. The molecule has 25 heavy (non-hydrogen) atoms. The van der Waals surface area contributed by atoms with E-state index in [9.17, 15) is 4.79 Å². The highest BCUT2D eigenvalue weighted by molar-refractivity contribution is 5.91. The molecule has 2 rings (SSSR count). The van der Waals surface area contributed by atoms with Gasteiger partial charge in [0.1, 0.15) is 6.10 Å². The van der Waals surface area contributed by atoms with Crippen LogP contribution < -0.4 is 14.2 Å². The molecule has 1 unspecified atom stereocenters. The second-order valence-electron chi connectivity index (χ2n) is 5.00.